The molecule has 0 saturated carbocycles. The summed E-state index contributed by atoms with van der Waals surface area (Å²) in [7, 11) is 0. The van der Waals surface area contributed by atoms with Gasteiger partial charge in [0.25, 0.3) is 5.91 Å². The molecule has 2 rings (SSSR count). The minimum absolute atomic E-state index is 0.325. The number of esters is 1. The Morgan fingerprint density at radius 2 is 1.78 bits per heavy atom. The van der Waals surface area contributed by atoms with E-state index in [-0.39, 0.29) is 12.5 Å². The van der Waals surface area contributed by atoms with Crippen LogP contribution >= 0.6 is 0 Å². The van der Waals surface area contributed by atoms with Gasteiger partial charge in [-0.3, -0.25) is 9.78 Å². The quantitative estimate of drug-likeness (QED) is 0.830. The molecule has 0 fully saturated rings. The maximum atomic E-state index is 11.8. The van der Waals surface area contributed by atoms with Gasteiger partial charge < -0.3 is 10.1 Å². The molecule has 0 radical (unpaired) electrons. The summed E-state index contributed by atoms with van der Waals surface area (Å²) in [5, 5.41) is 2.70. The molecule has 0 aliphatic carbocycles. The van der Waals surface area contributed by atoms with E-state index in [9.17, 15) is 9.59 Å². The molecule has 1 aromatic heterocycles. The summed E-state index contributed by atoms with van der Waals surface area (Å²) in [5.74, 6) is -0.431. The molecule has 1 heterocycles. The average Bonchev–Trinajstić information content (AvgIpc) is 2.60. The van der Waals surface area contributed by atoms with Crippen molar-refractivity contribution in [2.45, 2.75) is 26.2 Å². The Morgan fingerprint density at radius 3 is 2.39 bits per heavy atom. The Morgan fingerprint density at radius 1 is 1.13 bits per heavy atom. The first-order valence-corrected chi connectivity index (χ1v) is 7.57. The predicted molar refractivity (Wildman–Crippen MR) is 88.3 cm³/mol. The topological polar surface area (TPSA) is 68.3 Å². The summed E-state index contributed by atoms with van der Waals surface area (Å²) in [4.78, 5) is 27.4. The Kier molecular flexibility index (Phi) is 5.86. The zero-order chi connectivity index (χ0) is 16.7. The fourth-order valence-corrected chi connectivity index (χ4v) is 2.03. The molecule has 120 valence electrons. The third kappa shape index (κ3) is 4.92. The zero-order valence-corrected chi connectivity index (χ0v) is 13.3. The molecule has 5 nitrogen and oxygen atoms in total. The maximum Gasteiger partial charge on any atom is 0.338 e. The van der Waals surface area contributed by atoms with Crippen LogP contribution in [-0.4, -0.2) is 23.5 Å². The van der Waals surface area contributed by atoms with Gasteiger partial charge in [0.05, 0.1) is 5.56 Å². The number of benzene rings is 1. The summed E-state index contributed by atoms with van der Waals surface area (Å²) < 4.78 is 4.96. The standard InChI is InChI=1S/C18H20N2O3/c1-3-13(2)14-4-6-16(7-5-14)20-17(21)12-23-18(22)15-8-10-19-11-9-15/h4-11,13H,3,12H2,1-2H3,(H,20,21)/t13-/m0/s1. The van der Waals surface area contributed by atoms with Crippen molar-refractivity contribution < 1.29 is 14.3 Å². The van der Waals surface area contributed by atoms with Gasteiger partial charge in [-0.05, 0) is 42.2 Å². The Bertz CT molecular complexity index is 654. The van der Waals surface area contributed by atoms with E-state index in [1.54, 1.807) is 0 Å². The molecule has 0 spiro atoms. The minimum atomic E-state index is -0.547. The van der Waals surface area contributed by atoms with Gasteiger partial charge in [0.2, 0.25) is 0 Å². The van der Waals surface area contributed by atoms with Gasteiger partial charge in [-0.25, -0.2) is 4.79 Å². The Balaban J connectivity index is 1.84. The van der Waals surface area contributed by atoms with E-state index in [2.05, 4.69) is 24.1 Å². The fraction of sp³-hybridized carbons (Fsp3) is 0.278. The van der Waals surface area contributed by atoms with Crippen molar-refractivity contribution in [1.82, 2.24) is 4.98 Å². The third-order valence-electron chi connectivity index (χ3n) is 3.63. The highest BCUT2D eigenvalue weighted by atomic mass is 16.5. The monoisotopic (exact) mass is 312 g/mol. The molecule has 0 aliphatic rings. The normalized spacial score (nSPS) is 11.6. The van der Waals surface area contributed by atoms with Gasteiger partial charge in [-0.1, -0.05) is 26.0 Å². The molecule has 1 aromatic carbocycles. The number of hydrogen-bond donors (Lipinski definition) is 1. The first kappa shape index (κ1) is 16.7. The van der Waals surface area contributed by atoms with Crippen molar-refractivity contribution in [3.8, 4) is 0 Å². The zero-order valence-electron chi connectivity index (χ0n) is 13.3. The van der Waals surface area contributed by atoms with Crippen molar-refractivity contribution in [2.24, 2.45) is 0 Å². The van der Waals surface area contributed by atoms with Crippen LogP contribution in [0.15, 0.2) is 48.8 Å². The van der Waals surface area contributed by atoms with Gasteiger partial charge in [0, 0.05) is 18.1 Å². The summed E-state index contributed by atoms with van der Waals surface area (Å²) in [6.45, 7) is 3.97. The lowest BCUT2D eigenvalue weighted by Gasteiger charge is -2.10. The van der Waals surface area contributed by atoms with E-state index in [0.717, 1.165) is 6.42 Å². The van der Waals surface area contributed by atoms with Crippen LogP contribution in [0, 0.1) is 0 Å². The highest BCUT2D eigenvalue weighted by molar-refractivity contribution is 5.95. The molecule has 1 N–H and O–H groups in total. The lowest BCUT2D eigenvalue weighted by molar-refractivity contribution is -0.119. The molecule has 23 heavy (non-hydrogen) atoms. The van der Waals surface area contributed by atoms with E-state index < -0.39 is 5.97 Å². The van der Waals surface area contributed by atoms with Gasteiger partial charge in [-0.15, -0.1) is 0 Å². The molecule has 1 amide bonds. The molecule has 1 atom stereocenters. The van der Waals surface area contributed by atoms with Gasteiger partial charge in [-0.2, -0.15) is 0 Å². The summed E-state index contributed by atoms with van der Waals surface area (Å²) in [6.07, 6.45) is 4.06. The SMILES string of the molecule is CC[C@H](C)c1ccc(NC(=O)COC(=O)c2ccncc2)cc1. The molecule has 0 saturated heterocycles. The van der Waals surface area contributed by atoms with Crippen molar-refractivity contribution >= 4 is 17.6 Å². The summed E-state index contributed by atoms with van der Waals surface area (Å²) >= 11 is 0. The van der Waals surface area contributed by atoms with Crippen LogP contribution in [0.4, 0.5) is 5.69 Å². The smallest absolute Gasteiger partial charge is 0.338 e. The second kappa shape index (κ2) is 8.08. The number of aromatic nitrogens is 1. The number of pyridine rings is 1. The number of amides is 1. The van der Waals surface area contributed by atoms with Crippen molar-refractivity contribution in [3.05, 3.63) is 59.9 Å². The van der Waals surface area contributed by atoms with E-state index in [1.165, 1.54) is 30.1 Å². The van der Waals surface area contributed by atoms with Crippen LogP contribution in [0.25, 0.3) is 0 Å². The molecule has 2 aromatic rings. The molecular weight excluding hydrogens is 292 g/mol. The largest absolute Gasteiger partial charge is 0.452 e. The van der Waals surface area contributed by atoms with Crippen molar-refractivity contribution in [2.75, 3.05) is 11.9 Å². The summed E-state index contributed by atoms with van der Waals surface area (Å²) in [6, 6.07) is 10.8. The van der Waals surface area contributed by atoms with Crippen LogP contribution in [0.2, 0.25) is 0 Å². The average molecular weight is 312 g/mol. The highest BCUT2D eigenvalue weighted by Crippen LogP contribution is 2.20. The van der Waals surface area contributed by atoms with Crippen LogP contribution in [-0.2, 0) is 9.53 Å². The first-order valence-electron chi connectivity index (χ1n) is 7.57. The second-order valence-electron chi connectivity index (χ2n) is 5.29. The lowest BCUT2D eigenvalue weighted by Crippen LogP contribution is -2.20. The van der Waals surface area contributed by atoms with E-state index in [0.29, 0.717) is 17.2 Å². The Hall–Kier alpha value is -2.69. The van der Waals surface area contributed by atoms with E-state index in [1.807, 2.05) is 24.3 Å². The summed E-state index contributed by atoms with van der Waals surface area (Å²) in [5.41, 5.74) is 2.28. The number of nitrogens with one attached hydrogen (secondary N) is 1. The fourth-order valence-electron chi connectivity index (χ4n) is 2.03. The second-order valence-corrected chi connectivity index (χ2v) is 5.29. The molecule has 0 bridgehead atoms. The molecule has 0 unspecified atom stereocenters. The van der Waals surface area contributed by atoms with Crippen LogP contribution in [0.5, 0.6) is 0 Å². The van der Waals surface area contributed by atoms with Crippen molar-refractivity contribution in [1.29, 1.82) is 0 Å². The van der Waals surface area contributed by atoms with E-state index in [4.69, 9.17) is 4.74 Å². The minimum Gasteiger partial charge on any atom is -0.452 e. The Labute approximate surface area is 135 Å². The van der Waals surface area contributed by atoms with Crippen LogP contribution in [0.3, 0.4) is 0 Å². The molecular formula is C18H20N2O3. The van der Waals surface area contributed by atoms with Crippen LogP contribution in [0.1, 0.15) is 42.1 Å². The lowest BCUT2D eigenvalue weighted by atomic mass is 9.99. The van der Waals surface area contributed by atoms with Gasteiger partial charge in [0.15, 0.2) is 6.61 Å². The number of carbonyl (C=O) groups is 2. The molecule has 5 heteroatoms. The number of nitrogens with zero attached hydrogens (tertiary/aromatic N) is 1. The number of ether oxygens (including phenoxy) is 1. The highest BCUT2D eigenvalue weighted by Gasteiger charge is 2.10. The van der Waals surface area contributed by atoms with E-state index >= 15 is 0 Å². The first-order chi connectivity index (χ1) is 11.1. The number of carbonyl (C=O) groups excluding carboxylic acids is 2. The maximum absolute atomic E-state index is 11.8. The van der Waals surface area contributed by atoms with Gasteiger partial charge >= 0.3 is 5.97 Å². The van der Waals surface area contributed by atoms with Crippen molar-refractivity contribution in [3.63, 3.8) is 0 Å². The number of anilines is 1. The third-order valence-corrected chi connectivity index (χ3v) is 3.63. The number of rotatable bonds is 6. The van der Waals surface area contributed by atoms with Gasteiger partial charge in [0.1, 0.15) is 0 Å². The number of hydrogen-bond acceptors (Lipinski definition) is 4. The van der Waals surface area contributed by atoms with Crippen LogP contribution < -0.4 is 5.32 Å². The predicted octanol–water partition coefficient (Wildman–Crippen LogP) is 3.39. The molecule has 0 aliphatic heterocycles.